The van der Waals surface area contributed by atoms with E-state index in [9.17, 15) is 23.1 Å². The van der Waals surface area contributed by atoms with Crippen LogP contribution in [0.2, 0.25) is 5.02 Å². The molecule has 0 bridgehead atoms. The molecule has 10 heteroatoms. The molecule has 8 nitrogen and oxygen atoms in total. The van der Waals surface area contributed by atoms with Gasteiger partial charge in [-0.3, -0.25) is 9.59 Å². The zero-order chi connectivity index (χ0) is 20.2. The van der Waals surface area contributed by atoms with Crippen molar-refractivity contribution in [2.24, 2.45) is 5.14 Å². The predicted octanol–water partition coefficient (Wildman–Crippen LogP) is 1.81. The van der Waals surface area contributed by atoms with E-state index in [1.165, 1.54) is 49.4 Å². The van der Waals surface area contributed by atoms with E-state index in [1.54, 1.807) is 0 Å². The van der Waals surface area contributed by atoms with Crippen LogP contribution in [0.15, 0.2) is 47.4 Å². The van der Waals surface area contributed by atoms with E-state index in [0.717, 1.165) is 0 Å². The summed E-state index contributed by atoms with van der Waals surface area (Å²) in [6, 6.07) is 9.38. The molecule has 0 aliphatic heterocycles. The van der Waals surface area contributed by atoms with Gasteiger partial charge >= 0.3 is 5.97 Å². The lowest BCUT2D eigenvalue weighted by Crippen LogP contribution is -2.30. The number of aromatic hydroxyl groups is 1. The fraction of sp³-hybridized carbons (Fsp3) is 0.176. The number of anilines is 1. The molecule has 0 aromatic heterocycles. The smallest absolute Gasteiger partial charge is 0.311 e. The number of phenols is 1. The van der Waals surface area contributed by atoms with Crippen molar-refractivity contribution in [2.45, 2.75) is 24.3 Å². The Morgan fingerprint density at radius 2 is 1.85 bits per heavy atom. The molecule has 144 valence electrons. The van der Waals surface area contributed by atoms with Crippen LogP contribution in [0.1, 0.15) is 12.5 Å². The van der Waals surface area contributed by atoms with E-state index in [2.05, 4.69) is 5.32 Å². The van der Waals surface area contributed by atoms with Gasteiger partial charge in [-0.15, -0.1) is 0 Å². The van der Waals surface area contributed by atoms with E-state index < -0.39 is 28.0 Å². The molecule has 0 fully saturated rings. The van der Waals surface area contributed by atoms with Gasteiger partial charge < -0.3 is 15.2 Å². The highest BCUT2D eigenvalue weighted by Crippen LogP contribution is 2.22. The number of primary sulfonamides is 1. The number of phenolic OH excluding ortho intramolecular Hbond substituents is 1. The maximum absolute atomic E-state index is 12.1. The lowest BCUT2D eigenvalue weighted by Gasteiger charge is -2.14. The Balaban J connectivity index is 1.93. The molecule has 1 unspecified atom stereocenters. The van der Waals surface area contributed by atoms with Gasteiger partial charge in [0.2, 0.25) is 10.0 Å². The van der Waals surface area contributed by atoms with Crippen LogP contribution in [-0.2, 0) is 30.8 Å². The minimum atomic E-state index is -3.82. The summed E-state index contributed by atoms with van der Waals surface area (Å²) in [6.07, 6.45) is -1.26. The van der Waals surface area contributed by atoms with E-state index in [-0.39, 0.29) is 22.1 Å². The number of rotatable bonds is 6. The second kappa shape index (κ2) is 8.38. The predicted molar refractivity (Wildman–Crippen MR) is 98.8 cm³/mol. The number of esters is 1. The highest BCUT2D eigenvalue weighted by Gasteiger charge is 2.19. The Labute approximate surface area is 160 Å². The maximum Gasteiger partial charge on any atom is 0.311 e. The summed E-state index contributed by atoms with van der Waals surface area (Å²) in [5.41, 5.74) is 0.766. The van der Waals surface area contributed by atoms with Crippen molar-refractivity contribution in [1.29, 1.82) is 0 Å². The Bertz CT molecular complexity index is 960. The van der Waals surface area contributed by atoms with Crippen LogP contribution in [0.4, 0.5) is 5.69 Å². The molecule has 2 aromatic rings. The van der Waals surface area contributed by atoms with E-state index in [0.29, 0.717) is 11.3 Å². The van der Waals surface area contributed by atoms with Crippen LogP contribution in [0.5, 0.6) is 5.75 Å². The number of hydrogen-bond donors (Lipinski definition) is 3. The van der Waals surface area contributed by atoms with Crippen LogP contribution in [0.25, 0.3) is 0 Å². The third-order valence-corrected chi connectivity index (χ3v) is 4.78. The van der Waals surface area contributed by atoms with Crippen LogP contribution in [0.3, 0.4) is 0 Å². The fourth-order valence-corrected chi connectivity index (χ4v) is 2.86. The standard InChI is InChI=1S/C17H17ClN2O6S/c1-10(26-16(22)8-11-2-5-13(21)9-15(11)18)17(23)20-12-3-6-14(7-4-12)27(19,24)25/h2-7,9-10,21H,8H2,1H3,(H,20,23)(H2,19,24,25). The number of hydrogen-bond acceptors (Lipinski definition) is 6. The number of carbonyl (C=O) groups excluding carboxylic acids is 2. The molecule has 0 saturated heterocycles. The molecule has 0 heterocycles. The molecule has 0 saturated carbocycles. The van der Waals surface area contributed by atoms with E-state index in [4.69, 9.17) is 21.5 Å². The second-order valence-corrected chi connectivity index (χ2v) is 7.61. The van der Waals surface area contributed by atoms with Crippen LogP contribution in [0, 0.1) is 0 Å². The molecule has 2 rings (SSSR count). The molecule has 0 spiro atoms. The monoisotopic (exact) mass is 412 g/mol. The van der Waals surface area contributed by atoms with Crippen molar-refractivity contribution >= 4 is 39.2 Å². The van der Waals surface area contributed by atoms with Crippen LogP contribution in [-0.4, -0.2) is 31.5 Å². The molecule has 4 N–H and O–H groups in total. The van der Waals surface area contributed by atoms with Crippen LogP contribution >= 0.6 is 11.6 Å². The Morgan fingerprint density at radius 1 is 1.22 bits per heavy atom. The average molecular weight is 413 g/mol. The summed E-state index contributed by atoms with van der Waals surface area (Å²) in [5.74, 6) is -1.29. The minimum Gasteiger partial charge on any atom is -0.508 e. The topological polar surface area (TPSA) is 136 Å². The van der Waals surface area contributed by atoms with Gasteiger partial charge in [-0.05, 0) is 48.9 Å². The van der Waals surface area contributed by atoms with Crippen molar-refractivity contribution in [3.8, 4) is 5.75 Å². The first-order chi connectivity index (χ1) is 12.6. The normalized spacial score (nSPS) is 12.3. The summed E-state index contributed by atoms with van der Waals surface area (Å²) in [4.78, 5) is 24.0. The Hall–Kier alpha value is -2.62. The van der Waals surface area contributed by atoms with Gasteiger partial charge in [0, 0.05) is 10.7 Å². The molecular weight excluding hydrogens is 396 g/mol. The summed E-state index contributed by atoms with van der Waals surface area (Å²) < 4.78 is 27.5. The summed E-state index contributed by atoms with van der Waals surface area (Å²) in [6.45, 7) is 1.39. The van der Waals surface area contributed by atoms with Crippen molar-refractivity contribution in [3.05, 3.63) is 53.1 Å². The highest BCUT2D eigenvalue weighted by molar-refractivity contribution is 7.89. The largest absolute Gasteiger partial charge is 0.508 e. The van der Waals surface area contributed by atoms with Crippen molar-refractivity contribution in [2.75, 3.05) is 5.32 Å². The van der Waals surface area contributed by atoms with E-state index in [1.807, 2.05) is 0 Å². The van der Waals surface area contributed by atoms with Gasteiger partial charge in [-0.25, -0.2) is 13.6 Å². The third-order valence-electron chi connectivity index (χ3n) is 3.50. The molecule has 1 atom stereocenters. The van der Waals surface area contributed by atoms with Gasteiger partial charge in [0.1, 0.15) is 5.75 Å². The Kier molecular flexibility index (Phi) is 6.42. The number of nitrogens with two attached hydrogens (primary N) is 1. The van der Waals surface area contributed by atoms with Crippen molar-refractivity contribution < 1.29 is 27.9 Å². The average Bonchev–Trinajstić information content (AvgIpc) is 2.57. The summed E-state index contributed by atoms with van der Waals surface area (Å²) in [5, 5.41) is 17.0. The molecule has 0 aliphatic carbocycles. The first kappa shape index (κ1) is 20.7. The molecule has 0 aliphatic rings. The lowest BCUT2D eigenvalue weighted by molar-refractivity contribution is -0.152. The zero-order valence-electron chi connectivity index (χ0n) is 14.2. The number of carbonyl (C=O) groups is 2. The quantitative estimate of drug-likeness (QED) is 0.619. The fourth-order valence-electron chi connectivity index (χ4n) is 2.10. The number of nitrogens with one attached hydrogen (secondary N) is 1. The van der Waals surface area contributed by atoms with Gasteiger partial charge in [0.05, 0.1) is 11.3 Å². The summed E-state index contributed by atoms with van der Waals surface area (Å²) >= 11 is 5.93. The molecule has 0 radical (unpaired) electrons. The lowest BCUT2D eigenvalue weighted by atomic mass is 10.1. The number of amides is 1. The third kappa shape index (κ3) is 5.95. The van der Waals surface area contributed by atoms with Crippen molar-refractivity contribution in [1.82, 2.24) is 0 Å². The van der Waals surface area contributed by atoms with E-state index >= 15 is 0 Å². The molecule has 1 amide bonds. The maximum atomic E-state index is 12.1. The number of halogens is 1. The summed E-state index contributed by atoms with van der Waals surface area (Å²) in [7, 11) is -3.82. The van der Waals surface area contributed by atoms with Gasteiger partial charge in [-0.2, -0.15) is 0 Å². The SMILES string of the molecule is CC(OC(=O)Cc1ccc(O)cc1Cl)C(=O)Nc1ccc(S(N)(=O)=O)cc1. The zero-order valence-corrected chi connectivity index (χ0v) is 15.8. The molecule has 27 heavy (non-hydrogen) atoms. The van der Waals surface area contributed by atoms with Gasteiger partial charge in [0.25, 0.3) is 5.91 Å². The van der Waals surface area contributed by atoms with Gasteiger partial charge in [-0.1, -0.05) is 17.7 Å². The van der Waals surface area contributed by atoms with Crippen LogP contribution < -0.4 is 10.5 Å². The minimum absolute atomic E-state index is 0.0293. The first-order valence-corrected chi connectivity index (χ1v) is 9.59. The van der Waals surface area contributed by atoms with Crippen molar-refractivity contribution in [3.63, 3.8) is 0 Å². The Morgan fingerprint density at radius 3 is 2.41 bits per heavy atom. The molecular formula is C17H17ClN2O6S. The number of sulfonamides is 1. The van der Waals surface area contributed by atoms with Gasteiger partial charge in [0.15, 0.2) is 6.10 Å². The number of ether oxygens (including phenoxy) is 1. The second-order valence-electron chi connectivity index (χ2n) is 5.64. The highest BCUT2D eigenvalue weighted by atomic mass is 35.5. The number of benzene rings is 2. The first-order valence-electron chi connectivity index (χ1n) is 7.67. The molecule has 2 aromatic carbocycles.